The second-order valence-corrected chi connectivity index (χ2v) is 6.70. The van der Waals surface area contributed by atoms with Gasteiger partial charge in [-0.15, -0.1) is 0 Å². The summed E-state index contributed by atoms with van der Waals surface area (Å²) in [7, 11) is -0.887. The van der Waals surface area contributed by atoms with Gasteiger partial charge in [0.05, 0.1) is 0 Å². The highest BCUT2D eigenvalue weighted by molar-refractivity contribution is 7.84. The van der Waals surface area contributed by atoms with E-state index in [-0.39, 0.29) is 0 Å². The van der Waals surface area contributed by atoms with Crippen molar-refractivity contribution in [3.63, 3.8) is 0 Å². The molecule has 22 heavy (non-hydrogen) atoms. The van der Waals surface area contributed by atoms with E-state index >= 15 is 0 Å². The van der Waals surface area contributed by atoms with Crippen molar-refractivity contribution in [2.24, 2.45) is 0 Å². The summed E-state index contributed by atoms with van der Waals surface area (Å²) in [5, 5.41) is 2.40. The fourth-order valence-electron chi connectivity index (χ4n) is 2.51. The summed E-state index contributed by atoms with van der Waals surface area (Å²) in [4.78, 5) is 0. The molecule has 0 radical (unpaired) electrons. The highest BCUT2D eigenvalue weighted by Crippen LogP contribution is 2.19. The Hall–Kier alpha value is -2.19. The second kappa shape index (κ2) is 7.19. The molecule has 1 atom stereocenters. The molecule has 0 fully saturated rings. The quantitative estimate of drug-likeness (QED) is 0.661. The molecule has 0 saturated carbocycles. The van der Waals surface area contributed by atoms with E-state index in [0.717, 1.165) is 11.1 Å². The van der Waals surface area contributed by atoms with Crippen LogP contribution in [0.15, 0.2) is 78.9 Å². The summed E-state index contributed by atoms with van der Waals surface area (Å²) in [6.07, 6.45) is 4.03. The predicted octanol–water partition coefficient (Wildman–Crippen LogP) is 4.80. The van der Waals surface area contributed by atoms with E-state index in [1.165, 1.54) is 10.8 Å². The molecule has 3 aromatic rings. The van der Waals surface area contributed by atoms with Crippen LogP contribution in [0.3, 0.4) is 0 Å². The van der Waals surface area contributed by atoms with Gasteiger partial charge in [0.15, 0.2) is 0 Å². The summed E-state index contributed by atoms with van der Waals surface area (Å²) in [5.74, 6) is 1.18. The molecule has 0 amide bonds. The molecule has 3 aromatic carbocycles. The molecule has 1 nitrogen and oxygen atoms in total. The van der Waals surface area contributed by atoms with E-state index in [2.05, 4.69) is 24.3 Å². The average molecular weight is 306 g/mol. The molecule has 0 N–H and O–H groups in total. The monoisotopic (exact) mass is 306 g/mol. The highest BCUT2D eigenvalue weighted by Gasteiger charge is 2.04. The van der Waals surface area contributed by atoms with Crippen molar-refractivity contribution in [1.29, 1.82) is 0 Å². The minimum atomic E-state index is -0.887. The summed E-state index contributed by atoms with van der Waals surface area (Å²) in [6.45, 7) is 0. The molecule has 0 saturated heterocycles. The normalized spacial score (nSPS) is 12.7. The van der Waals surface area contributed by atoms with Gasteiger partial charge < -0.3 is 0 Å². The van der Waals surface area contributed by atoms with Crippen molar-refractivity contribution in [2.75, 3.05) is 5.75 Å². The Labute approximate surface area is 133 Å². The predicted molar refractivity (Wildman–Crippen MR) is 96.1 cm³/mol. The Morgan fingerprint density at radius 1 is 0.818 bits per heavy atom. The lowest BCUT2D eigenvalue weighted by Gasteiger charge is -2.05. The third-order valence-electron chi connectivity index (χ3n) is 3.59. The van der Waals surface area contributed by atoms with E-state index in [4.69, 9.17) is 0 Å². The van der Waals surface area contributed by atoms with Gasteiger partial charge in [-0.1, -0.05) is 84.9 Å². The third kappa shape index (κ3) is 3.71. The molecule has 0 heterocycles. The van der Waals surface area contributed by atoms with Crippen molar-refractivity contribution in [1.82, 2.24) is 0 Å². The van der Waals surface area contributed by atoms with E-state index in [1.54, 1.807) is 0 Å². The van der Waals surface area contributed by atoms with Gasteiger partial charge in [0.25, 0.3) is 0 Å². The number of fused-ring (bicyclic) bond motifs is 1. The molecule has 3 rings (SSSR count). The molecule has 2 heteroatoms. The van der Waals surface area contributed by atoms with Crippen LogP contribution < -0.4 is 0 Å². The van der Waals surface area contributed by atoms with Crippen LogP contribution >= 0.6 is 0 Å². The third-order valence-corrected chi connectivity index (χ3v) is 4.79. The number of hydrogen-bond acceptors (Lipinski definition) is 1. The highest BCUT2D eigenvalue weighted by atomic mass is 32.2. The molecule has 0 aromatic heterocycles. The molecular formula is C20H18OS. The van der Waals surface area contributed by atoms with E-state index < -0.39 is 10.8 Å². The first-order valence-corrected chi connectivity index (χ1v) is 8.85. The van der Waals surface area contributed by atoms with Crippen LogP contribution in [0.1, 0.15) is 11.1 Å². The van der Waals surface area contributed by atoms with Gasteiger partial charge in [0, 0.05) is 22.3 Å². The van der Waals surface area contributed by atoms with Crippen LogP contribution in [-0.2, 0) is 16.6 Å². The summed E-state index contributed by atoms with van der Waals surface area (Å²) in [6, 6.07) is 24.6. The molecule has 0 aliphatic heterocycles. The molecule has 0 bridgehead atoms. The van der Waals surface area contributed by atoms with Gasteiger partial charge in [-0.05, 0) is 21.9 Å². The average Bonchev–Trinajstić information content (AvgIpc) is 2.56. The topological polar surface area (TPSA) is 17.1 Å². The zero-order valence-corrected chi connectivity index (χ0v) is 13.1. The molecule has 0 aliphatic rings. The van der Waals surface area contributed by atoms with Gasteiger partial charge in [0.1, 0.15) is 0 Å². The van der Waals surface area contributed by atoms with Crippen LogP contribution in [0.25, 0.3) is 16.8 Å². The van der Waals surface area contributed by atoms with Crippen molar-refractivity contribution in [3.05, 3.63) is 90.0 Å². The maximum absolute atomic E-state index is 12.3. The van der Waals surface area contributed by atoms with Gasteiger partial charge in [-0.3, -0.25) is 4.21 Å². The van der Waals surface area contributed by atoms with E-state index in [9.17, 15) is 4.21 Å². The van der Waals surface area contributed by atoms with Gasteiger partial charge in [-0.25, -0.2) is 0 Å². The number of hydrogen-bond donors (Lipinski definition) is 0. The maximum Gasteiger partial charge on any atom is 0.0494 e. The van der Waals surface area contributed by atoms with Gasteiger partial charge in [-0.2, -0.15) is 0 Å². The second-order valence-electron chi connectivity index (χ2n) is 5.20. The molecule has 0 unspecified atom stereocenters. The van der Waals surface area contributed by atoms with Crippen LogP contribution in [0, 0.1) is 0 Å². The smallest absolute Gasteiger partial charge is 0.0494 e. The first kappa shape index (κ1) is 14.7. The summed E-state index contributed by atoms with van der Waals surface area (Å²) < 4.78 is 12.3. The molecular weight excluding hydrogens is 288 g/mol. The standard InChI is InChI=1S/C20H18OS/c21-22(15-7-10-17-8-2-1-3-9-17)16-19-13-6-12-18-11-4-5-14-20(18)19/h1-14H,15-16H2/b10-7+/t22-/m0/s1. The maximum atomic E-state index is 12.3. The molecule has 0 aliphatic carbocycles. The van der Waals surface area contributed by atoms with Gasteiger partial charge in [0.2, 0.25) is 0 Å². The minimum absolute atomic E-state index is 0.581. The van der Waals surface area contributed by atoms with Crippen molar-refractivity contribution in [2.45, 2.75) is 5.75 Å². The fraction of sp³-hybridized carbons (Fsp3) is 0.100. The summed E-state index contributed by atoms with van der Waals surface area (Å²) in [5.41, 5.74) is 2.30. The van der Waals surface area contributed by atoms with Crippen molar-refractivity contribution in [3.8, 4) is 0 Å². The minimum Gasteiger partial charge on any atom is -0.259 e. The Morgan fingerprint density at radius 2 is 1.55 bits per heavy atom. The summed E-state index contributed by atoms with van der Waals surface area (Å²) >= 11 is 0. The lowest BCUT2D eigenvalue weighted by molar-refractivity contribution is 0.684. The largest absolute Gasteiger partial charge is 0.259 e. The first-order chi connectivity index (χ1) is 10.8. The van der Waals surface area contributed by atoms with E-state index in [0.29, 0.717) is 11.5 Å². The Balaban J connectivity index is 1.67. The van der Waals surface area contributed by atoms with Crippen LogP contribution in [-0.4, -0.2) is 9.96 Å². The molecule has 110 valence electrons. The Morgan fingerprint density at radius 3 is 2.41 bits per heavy atom. The van der Waals surface area contributed by atoms with Crippen molar-refractivity contribution < 1.29 is 4.21 Å². The zero-order valence-electron chi connectivity index (χ0n) is 12.3. The lowest BCUT2D eigenvalue weighted by atomic mass is 10.1. The molecule has 0 spiro atoms. The lowest BCUT2D eigenvalue weighted by Crippen LogP contribution is -1.99. The Kier molecular flexibility index (Phi) is 4.81. The Bertz CT molecular complexity index is 801. The SMILES string of the molecule is O=[S@@](C/C=C/c1ccccc1)Cc1cccc2ccccc12. The van der Waals surface area contributed by atoms with Crippen molar-refractivity contribution >= 4 is 27.6 Å². The zero-order chi connectivity index (χ0) is 15.2. The first-order valence-electron chi connectivity index (χ1n) is 7.36. The van der Waals surface area contributed by atoms with Gasteiger partial charge >= 0.3 is 0 Å². The number of benzene rings is 3. The number of rotatable bonds is 5. The van der Waals surface area contributed by atoms with Crippen LogP contribution in [0.4, 0.5) is 0 Å². The van der Waals surface area contributed by atoms with Crippen LogP contribution in [0.2, 0.25) is 0 Å². The van der Waals surface area contributed by atoms with E-state index in [1.807, 2.05) is 60.7 Å². The van der Waals surface area contributed by atoms with Crippen LogP contribution in [0.5, 0.6) is 0 Å². The fourth-order valence-corrected chi connectivity index (χ4v) is 3.53.